The fourth-order valence-corrected chi connectivity index (χ4v) is 2.68. The first-order valence-electron chi connectivity index (χ1n) is 6.41. The van der Waals surface area contributed by atoms with Crippen molar-refractivity contribution in [2.75, 3.05) is 7.05 Å². The van der Waals surface area contributed by atoms with Gasteiger partial charge in [0.15, 0.2) is 0 Å². The fourth-order valence-electron chi connectivity index (χ4n) is 1.81. The van der Waals surface area contributed by atoms with Gasteiger partial charge in [0.2, 0.25) is 10.0 Å². The topological polar surface area (TPSA) is 37.4 Å². The lowest BCUT2D eigenvalue weighted by Gasteiger charge is -2.14. The maximum absolute atomic E-state index is 13.1. The van der Waals surface area contributed by atoms with Crippen molar-refractivity contribution in [1.29, 1.82) is 0 Å². The highest BCUT2D eigenvalue weighted by molar-refractivity contribution is 7.92. The Bertz CT molecular complexity index is 727. The molecule has 2 rings (SSSR count). The molecule has 2 aromatic carbocycles. The molecule has 0 aromatic heterocycles. The van der Waals surface area contributed by atoms with Crippen molar-refractivity contribution >= 4 is 16.1 Å². The zero-order chi connectivity index (χ0) is 15.3. The van der Waals surface area contributed by atoms with Crippen molar-refractivity contribution in [3.63, 3.8) is 0 Å². The Labute approximate surface area is 124 Å². The van der Waals surface area contributed by atoms with Crippen LogP contribution in [-0.4, -0.2) is 19.8 Å². The summed E-state index contributed by atoms with van der Waals surface area (Å²) in [5, 5.41) is 1.15. The second-order valence-corrected chi connectivity index (χ2v) is 6.57. The van der Waals surface area contributed by atoms with Crippen molar-refractivity contribution in [1.82, 2.24) is 4.31 Å². The first kappa shape index (κ1) is 15.4. The summed E-state index contributed by atoms with van der Waals surface area (Å²) in [6.07, 6.45) is 1.54. The molecule has 0 aliphatic heterocycles. The minimum absolute atomic E-state index is 0.124. The molecular weight excluding hydrogens is 289 g/mol. The number of nitrogens with zero attached hydrogens (tertiary/aromatic N) is 1. The van der Waals surface area contributed by atoms with E-state index in [4.69, 9.17) is 0 Å². The van der Waals surface area contributed by atoms with E-state index in [1.54, 1.807) is 12.1 Å². The van der Waals surface area contributed by atoms with Crippen LogP contribution < -0.4 is 0 Å². The molecule has 2 aromatic rings. The van der Waals surface area contributed by atoms with Gasteiger partial charge in [0.1, 0.15) is 5.82 Å². The van der Waals surface area contributed by atoms with Gasteiger partial charge in [0.05, 0.1) is 0 Å². The van der Waals surface area contributed by atoms with E-state index in [0.29, 0.717) is 5.56 Å². The lowest BCUT2D eigenvalue weighted by molar-refractivity contribution is 0.474. The van der Waals surface area contributed by atoms with Gasteiger partial charge in [0, 0.05) is 19.0 Å². The zero-order valence-electron chi connectivity index (χ0n) is 11.6. The standard InChI is InChI=1S/C16H16FNO2S/c1-18(13-15-8-5-9-16(17)12-15)21(19,20)11-10-14-6-3-2-4-7-14/h2-12H,13H2,1H3/b11-10+. The smallest absolute Gasteiger partial charge is 0.208 e. The van der Waals surface area contributed by atoms with E-state index in [1.165, 1.54) is 29.6 Å². The molecule has 0 unspecified atom stereocenters. The number of hydrogen-bond donors (Lipinski definition) is 0. The van der Waals surface area contributed by atoms with Gasteiger partial charge in [-0.15, -0.1) is 0 Å². The predicted molar refractivity (Wildman–Crippen MR) is 82.3 cm³/mol. The van der Waals surface area contributed by atoms with E-state index in [2.05, 4.69) is 0 Å². The molecule has 0 aliphatic rings. The van der Waals surface area contributed by atoms with Crippen LogP contribution in [0.1, 0.15) is 11.1 Å². The van der Waals surface area contributed by atoms with Crippen LogP contribution in [0.15, 0.2) is 60.0 Å². The highest BCUT2D eigenvalue weighted by Crippen LogP contribution is 2.11. The Kier molecular flexibility index (Phi) is 4.88. The lowest BCUT2D eigenvalue weighted by Crippen LogP contribution is -2.24. The quantitative estimate of drug-likeness (QED) is 0.850. The van der Waals surface area contributed by atoms with Crippen LogP contribution in [0.5, 0.6) is 0 Å². The molecule has 0 saturated heterocycles. The summed E-state index contributed by atoms with van der Waals surface area (Å²) in [6.45, 7) is 0.124. The van der Waals surface area contributed by atoms with E-state index >= 15 is 0 Å². The average molecular weight is 305 g/mol. The summed E-state index contributed by atoms with van der Waals surface area (Å²) in [6, 6.07) is 15.1. The Morgan fingerprint density at radius 3 is 2.48 bits per heavy atom. The van der Waals surface area contributed by atoms with Gasteiger partial charge in [-0.05, 0) is 29.3 Å². The number of sulfonamides is 1. The third-order valence-corrected chi connectivity index (χ3v) is 4.44. The first-order chi connectivity index (χ1) is 9.97. The Morgan fingerprint density at radius 2 is 1.81 bits per heavy atom. The van der Waals surface area contributed by atoms with Gasteiger partial charge >= 0.3 is 0 Å². The molecule has 0 aliphatic carbocycles. The monoisotopic (exact) mass is 305 g/mol. The number of benzene rings is 2. The first-order valence-corrected chi connectivity index (χ1v) is 7.91. The van der Waals surface area contributed by atoms with Crippen LogP contribution >= 0.6 is 0 Å². The van der Waals surface area contributed by atoms with E-state index in [-0.39, 0.29) is 12.4 Å². The number of rotatable bonds is 5. The molecule has 0 fully saturated rings. The Balaban J connectivity index is 2.10. The van der Waals surface area contributed by atoms with Gasteiger partial charge in [-0.1, -0.05) is 42.5 Å². The van der Waals surface area contributed by atoms with E-state index in [9.17, 15) is 12.8 Å². The normalized spacial score (nSPS) is 12.1. The van der Waals surface area contributed by atoms with Crippen molar-refractivity contribution in [3.8, 4) is 0 Å². The predicted octanol–water partition coefficient (Wildman–Crippen LogP) is 3.26. The third kappa shape index (κ3) is 4.51. The van der Waals surface area contributed by atoms with Gasteiger partial charge in [-0.3, -0.25) is 0 Å². The molecule has 0 radical (unpaired) electrons. The summed E-state index contributed by atoms with van der Waals surface area (Å²) >= 11 is 0. The summed E-state index contributed by atoms with van der Waals surface area (Å²) < 4.78 is 38.6. The summed E-state index contributed by atoms with van der Waals surface area (Å²) in [4.78, 5) is 0. The second kappa shape index (κ2) is 6.65. The Hall–Kier alpha value is -1.98. The maximum atomic E-state index is 13.1. The molecule has 0 N–H and O–H groups in total. The van der Waals surface area contributed by atoms with E-state index in [0.717, 1.165) is 11.0 Å². The van der Waals surface area contributed by atoms with Gasteiger partial charge in [0.25, 0.3) is 0 Å². The third-order valence-electron chi connectivity index (χ3n) is 2.96. The van der Waals surface area contributed by atoms with Gasteiger partial charge < -0.3 is 0 Å². The summed E-state index contributed by atoms with van der Waals surface area (Å²) in [7, 11) is -2.07. The van der Waals surface area contributed by atoms with E-state index < -0.39 is 10.0 Å². The Morgan fingerprint density at radius 1 is 1.10 bits per heavy atom. The van der Waals surface area contributed by atoms with Crippen molar-refractivity contribution in [2.24, 2.45) is 0 Å². The van der Waals surface area contributed by atoms with E-state index in [1.807, 2.05) is 30.3 Å². The van der Waals surface area contributed by atoms with Crippen LogP contribution in [0, 0.1) is 5.82 Å². The van der Waals surface area contributed by atoms with Crippen molar-refractivity contribution in [3.05, 3.63) is 76.9 Å². The average Bonchev–Trinajstić information content (AvgIpc) is 2.46. The van der Waals surface area contributed by atoms with Crippen LogP contribution in [0.25, 0.3) is 6.08 Å². The number of halogens is 1. The molecule has 0 bridgehead atoms. The highest BCUT2D eigenvalue weighted by Gasteiger charge is 2.14. The summed E-state index contributed by atoms with van der Waals surface area (Å²) in [5.41, 5.74) is 1.41. The molecule has 110 valence electrons. The molecule has 0 amide bonds. The second-order valence-electron chi connectivity index (χ2n) is 4.64. The SMILES string of the molecule is CN(Cc1cccc(F)c1)S(=O)(=O)/C=C/c1ccccc1. The largest absolute Gasteiger partial charge is 0.236 e. The van der Waals surface area contributed by atoms with Crippen LogP contribution in [0.2, 0.25) is 0 Å². The summed E-state index contributed by atoms with van der Waals surface area (Å²) in [5.74, 6) is -0.377. The molecular formula is C16H16FNO2S. The molecule has 5 heteroatoms. The molecule has 0 saturated carbocycles. The lowest BCUT2D eigenvalue weighted by atomic mass is 10.2. The highest BCUT2D eigenvalue weighted by atomic mass is 32.2. The molecule has 0 heterocycles. The van der Waals surface area contributed by atoms with Gasteiger partial charge in [-0.2, -0.15) is 4.31 Å². The molecule has 0 atom stereocenters. The molecule has 21 heavy (non-hydrogen) atoms. The minimum Gasteiger partial charge on any atom is -0.208 e. The van der Waals surface area contributed by atoms with Gasteiger partial charge in [-0.25, -0.2) is 12.8 Å². The van der Waals surface area contributed by atoms with Crippen LogP contribution in [0.3, 0.4) is 0 Å². The van der Waals surface area contributed by atoms with Crippen LogP contribution in [-0.2, 0) is 16.6 Å². The van der Waals surface area contributed by atoms with Crippen LogP contribution in [0.4, 0.5) is 4.39 Å². The maximum Gasteiger partial charge on any atom is 0.236 e. The molecule has 3 nitrogen and oxygen atoms in total. The van der Waals surface area contributed by atoms with Crippen molar-refractivity contribution in [2.45, 2.75) is 6.54 Å². The molecule has 0 spiro atoms. The fraction of sp³-hybridized carbons (Fsp3) is 0.125. The number of hydrogen-bond acceptors (Lipinski definition) is 2. The zero-order valence-corrected chi connectivity index (χ0v) is 12.4. The van der Waals surface area contributed by atoms with Crippen molar-refractivity contribution < 1.29 is 12.8 Å². The minimum atomic E-state index is -3.54.